The van der Waals surface area contributed by atoms with Crippen LogP contribution < -0.4 is 21.5 Å². The summed E-state index contributed by atoms with van der Waals surface area (Å²) in [7, 11) is 0. The number of nitrogens with one attached hydrogen (secondary N) is 4. The monoisotopic (exact) mass is 390 g/mol. The maximum absolute atomic E-state index is 12.0. The molecule has 8 heteroatoms. The van der Waals surface area contributed by atoms with Crippen molar-refractivity contribution < 1.29 is 9.59 Å². The molecular weight excluding hydrogens is 372 g/mol. The predicted octanol–water partition coefficient (Wildman–Crippen LogP) is 2.70. The van der Waals surface area contributed by atoms with Gasteiger partial charge in [-0.3, -0.25) is 20.4 Å². The summed E-state index contributed by atoms with van der Waals surface area (Å²) in [6.45, 7) is 3.76. The topological polar surface area (TPSA) is 82.3 Å². The van der Waals surface area contributed by atoms with Crippen molar-refractivity contribution in [3.05, 3.63) is 64.2 Å². The Balaban J connectivity index is 1.78. The number of hydrogen-bond donors (Lipinski definition) is 4. The van der Waals surface area contributed by atoms with Crippen molar-refractivity contribution in [3.8, 4) is 0 Å². The third-order valence-corrected chi connectivity index (χ3v) is 4.23. The van der Waals surface area contributed by atoms with Crippen molar-refractivity contribution >= 4 is 46.4 Å². The molecule has 4 N–H and O–H groups in total. The van der Waals surface area contributed by atoms with Gasteiger partial charge in [-0.1, -0.05) is 35.9 Å². The highest BCUT2D eigenvalue weighted by molar-refractivity contribution is 7.80. The number of aryl methyl sites for hydroxylation is 1. The Bertz CT molecular complexity index is 842. The largest absolute Gasteiger partial charge is 0.343 e. The second-order valence-electron chi connectivity index (χ2n) is 5.54. The van der Waals surface area contributed by atoms with E-state index in [1.165, 1.54) is 0 Å². The van der Waals surface area contributed by atoms with Gasteiger partial charge >= 0.3 is 0 Å². The van der Waals surface area contributed by atoms with Crippen molar-refractivity contribution in [2.24, 2.45) is 0 Å². The zero-order valence-corrected chi connectivity index (χ0v) is 15.9. The molecule has 0 aliphatic heterocycles. The van der Waals surface area contributed by atoms with Gasteiger partial charge in [0.15, 0.2) is 5.11 Å². The molecule has 0 unspecified atom stereocenters. The van der Waals surface area contributed by atoms with Crippen LogP contribution in [0.1, 0.15) is 21.5 Å². The van der Waals surface area contributed by atoms with E-state index in [2.05, 4.69) is 21.5 Å². The maximum atomic E-state index is 12.0. The molecule has 6 nitrogen and oxygen atoms in total. The van der Waals surface area contributed by atoms with Gasteiger partial charge < -0.3 is 10.6 Å². The SMILES string of the molecule is Cc1cccc(NC(=S)NNC(=O)CNC(=O)c2ccccc2Cl)c1C. The smallest absolute Gasteiger partial charge is 0.257 e. The van der Waals surface area contributed by atoms with Gasteiger partial charge in [0.05, 0.1) is 17.1 Å². The van der Waals surface area contributed by atoms with Crippen molar-refractivity contribution in [1.82, 2.24) is 16.2 Å². The lowest BCUT2D eigenvalue weighted by Crippen LogP contribution is -2.47. The third kappa shape index (κ3) is 5.44. The number of carbonyl (C=O) groups excluding carboxylic acids is 2. The summed E-state index contributed by atoms with van der Waals surface area (Å²) < 4.78 is 0. The minimum absolute atomic E-state index is 0.219. The van der Waals surface area contributed by atoms with Gasteiger partial charge in [0.25, 0.3) is 11.8 Å². The van der Waals surface area contributed by atoms with E-state index in [9.17, 15) is 9.59 Å². The Morgan fingerprint density at radius 1 is 1.04 bits per heavy atom. The van der Waals surface area contributed by atoms with Gasteiger partial charge in [-0.2, -0.15) is 0 Å². The fourth-order valence-corrected chi connectivity index (χ4v) is 2.49. The lowest BCUT2D eigenvalue weighted by atomic mass is 10.1. The van der Waals surface area contributed by atoms with Crippen LogP contribution >= 0.6 is 23.8 Å². The minimum Gasteiger partial charge on any atom is -0.343 e. The second-order valence-corrected chi connectivity index (χ2v) is 6.35. The van der Waals surface area contributed by atoms with Crippen LogP contribution in [0.4, 0.5) is 5.69 Å². The molecule has 0 saturated carbocycles. The Labute approximate surface area is 162 Å². The molecule has 2 aromatic carbocycles. The summed E-state index contributed by atoms with van der Waals surface area (Å²) in [5.41, 5.74) is 8.37. The van der Waals surface area contributed by atoms with Gasteiger partial charge in [-0.25, -0.2) is 0 Å². The maximum Gasteiger partial charge on any atom is 0.257 e. The summed E-state index contributed by atoms with van der Waals surface area (Å²) in [4.78, 5) is 23.8. The zero-order chi connectivity index (χ0) is 19.1. The number of halogens is 1. The van der Waals surface area contributed by atoms with Crippen LogP contribution in [0, 0.1) is 13.8 Å². The van der Waals surface area contributed by atoms with Crippen molar-refractivity contribution in [3.63, 3.8) is 0 Å². The predicted molar refractivity (Wildman–Crippen MR) is 107 cm³/mol. The summed E-state index contributed by atoms with van der Waals surface area (Å²) in [5.74, 6) is -0.877. The van der Waals surface area contributed by atoms with Crippen LogP contribution in [-0.2, 0) is 4.79 Å². The first kappa shape index (κ1) is 19.7. The summed E-state index contributed by atoms with van der Waals surface area (Å²) in [6.07, 6.45) is 0. The van der Waals surface area contributed by atoms with Crippen LogP contribution in [-0.4, -0.2) is 23.5 Å². The fourth-order valence-electron chi connectivity index (χ4n) is 2.11. The first-order valence-corrected chi connectivity index (χ1v) is 8.62. The van der Waals surface area contributed by atoms with Gasteiger partial charge in [-0.15, -0.1) is 0 Å². The summed E-state index contributed by atoms with van der Waals surface area (Å²) >= 11 is 11.1. The van der Waals surface area contributed by atoms with Crippen molar-refractivity contribution in [1.29, 1.82) is 0 Å². The molecule has 0 atom stereocenters. The van der Waals surface area contributed by atoms with E-state index < -0.39 is 11.8 Å². The van der Waals surface area contributed by atoms with Gasteiger partial charge in [0, 0.05) is 5.69 Å². The van der Waals surface area contributed by atoms with Gasteiger partial charge in [0.1, 0.15) is 0 Å². The molecule has 2 amide bonds. The molecule has 0 heterocycles. The van der Waals surface area contributed by atoms with Gasteiger partial charge in [0.2, 0.25) is 0 Å². The molecule has 0 radical (unpaired) electrons. The second kappa shape index (κ2) is 9.17. The number of amides is 2. The van der Waals surface area contributed by atoms with E-state index in [0.29, 0.717) is 10.6 Å². The molecular formula is C18H19ClN4O2S. The van der Waals surface area contributed by atoms with Crippen LogP contribution in [0.2, 0.25) is 5.02 Å². The number of hydrogen-bond acceptors (Lipinski definition) is 3. The van der Waals surface area contributed by atoms with E-state index in [1.807, 2.05) is 32.0 Å². The lowest BCUT2D eigenvalue weighted by Gasteiger charge is -2.14. The zero-order valence-electron chi connectivity index (χ0n) is 14.4. The van der Waals surface area contributed by atoms with E-state index >= 15 is 0 Å². The van der Waals surface area contributed by atoms with Crippen molar-refractivity contribution in [2.75, 3.05) is 11.9 Å². The molecule has 0 aromatic heterocycles. The molecule has 0 saturated heterocycles. The van der Waals surface area contributed by atoms with Crippen LogP contribution in [0.15, 0.2) is 42.5 Å². The molecule has 136 valence electrons. The minimum atomic E-state index is -0.449. The molecule has 2 aromatic rings. The van der Waals surface area contributed by atoms with Crippen LogP contribution in [0.5, 0.6) is 0 Å². The highest BCUT2D eigenvalue weighted by Gasteiger charge is 2.11. The first-order valence-electron chi connectivity index (χ1n) is 7.83. The normalized spacial score (nSPS) is 9.96. The summed E-state index contributed by atoms with van der Waals surface area (Å²) in [6, 6.07) is 12.4. The molecule has 0 aliphatic carbocycles. The number of hydrazine groups is 1. The third-order valence-electron chi connectivity index (χ3n) is 3.70. The Morgan fingerprint density at radius 2 is 1.77 bits per heavy atom. The van der Waals surface area contributed by atoms with Crippen LogP contribution in [0.25, 0.3) is 0 Å². The highest BCUT2D eigenvalue weighted by atomic mass is 35.5. The van der Waals surface area contributed by atoms with E-state index in [-0.39, 0.29) is 11.7 Å². The molecule has 0 bridgehead atoms. The van der Waals surface area contributed by atoms with E-state index in [1.54, 1.807) is 24.3 Å². The molecule has 0 fully saturated rings. The fraction of sp³-hybridized carbons (Fsp3) is 0.167. The average molecular weight is 391 g/mol. The molecule has 26 heavy (non-hydrogen) atoms. The molecule has 2 rings (SSSR count). The number of benzene rings is 2. The highest BCUT2D eigenvalue weighted by Crippen LogP contribution is 2.17. The van der Waals surface area contributed by atoms with Crippen LogP contribution in [0.3, 0.4) is 0 Å². The number of rotatable bonds is 4. The summed E-state index contributed by atoms with van der Waals surface area (Å²) in [5, 5.41) is 6.06. The number of anilines is 1. The number of carbonyl (C=O) groups is 2. The average Bonchev–Trinajstić information content (AvgIpc) is 2.62. The van der Waals surface area contributed by atoms with Crippen molar-refractivity contribution in [2.45, 2.75) is 13.8 Å². The quantitative estimate of drug-likeness (QED) is 0.476. The van der Waals surface area contributed by atoms with E-state index in [4.69, 9.17) is 23.8 Å². The Hall–Kier alpha value is -2.64. The van der Waals surface area contributed by atoms with Gasteiger partial charge in [-0.05, 0) is 55.4 Å². The Kier molecular flexibility index (Phi) is 6.94. The standard InChI is InChI=1S/C18H19ClN4O2S/c1-11-6-5-9-15(12(11)2)21-18(26)23-22-16(24)10-20-17(25)13-7-3-4-8-14(13)19/h3-9H,10H2,1-2H3,(H,20,25)(H,22,24)(H2,21,23,26). The Morgan fingerprint density at radius 3 is 2.50 bits per heavy atom. The lowest BCUT2D eigenvalue weighted by molar-refractivity contribution is -0.120. The molecule has 0 aliphatic rings. The number of thiocarbonyl (C=S) groups is 1. The van der Waals surface area contributed by atoms with E-state index in [0.717, 1.165) is 16.8 Å². The molecule has 0 spiro atoms. The first-order chi connectivity index (χ1) is 12.4.